The van der Waals surface area contributed by atoms with Gasteiger partial charge in [-0.2, -0.15) is 0 Å². The maximum atomic E-state index is 4.97. The van der Waals surface area contributed by atoms with Gasteiger partial charge in [-0.15, -0.1) is 0 Å². The predicted octanol–water partition coefficient (Wildman–Crippen LogP) is 3.73. The van der Waals surface area contributed by atoms with E-state index in [1.54, 1.807) is 7.11 Å². The molecule has 0 bridgehead atoms. The molecule has 0 aliphatic rings. The second-order valence-electron chi connectivity index (χ2n) is 3.32. The zero-order valence-corrected chi connectivity index (χ0v) is 10.4. The van der Waals surface area contributed by atoms with Crippen LogP contribution in [-0.4, -0.2) is 13.7 Å². The van der Waals surface area contributed by atoms with Crippen LogP contribution in [0.5, 0.6) is 0 Å². The molecule has 0 aliphatic heterocycles. The van der Waals surface area contributed by atoms with Crippen molar-refractivity contribution in [3.8, 4) is 0 Å². The van der Waals surface area contributed by atoms with Crippen molar-refractivity contribution in [3.63, 3.8) is 0 Å². The topological polar surface area (TPSA) is 9.23 Å². The fraction of sp³-hybridized carbons (Fsp3) is 0.333. The molecule has 76 valence electrons. The first-order valence-electron chi connectivity index (χ1n) is 4.57. The molecule has 0 saturated heterocycles. The summed E-state index contributed by atoms with van der Waals surface area (Å²) in [5.41, 5.74) is 3.77. The highest BCUT2D eigenvalue weighted by molar-refractivity contribution is 9.10. The van der Waals surface area contributed by atoms with E-state index < -0.39 is 0 Å². The van der Waals surface area contributed by atoms with Gasteiger partial charge >= 0.3 is 0 Å². The van der Waals surface area contributed by atoms with Crippen molar-refractivity contribution in [2.75, 3.05) is 13.7 Å². The van der Waals surface area contributed by atoms with Gasteiger partial charge in [0.05, 0.1) is 6.61 Å². The van der Waals surface area contributed by atoms with E-state index in [2.05, 4.69) is 48.0 Å². The Labute approximate surface area is 93.9 Å². The van der Waals surface area contributed by atoms with E-state index in [9.17, 15) is 0 Å². The van der Waals surface area contributed by atoms with Crippen molar-refractivity contribution in [2.24, 2.45) is 0 Å². The molecule has 1 aromatic rings. The highest BCUT2D eigenvalue weighted by Gasteiger charge is 2.00. The highest BCUT2D eigenvalue weighted by Crippen LogP contribution is 2.22. The lowest BCUT2D eigenvalue weighted by Gasteiger charge is -2.05. The molecule has 0 aromatic heterocycles. The van der Waals surface area contributed by atoms with Crippen LogP contribution in [0.3, 0.4) is 0 Å². The van der Waals surface area contributed by atoms with Gasteiger partial charge in [0, 0.05) is 11.6 Å². The number of ether oxygens (including phenoxy) is 1. The third-order valence-corrected chi connectivity index (χ3v) is 2.91. The second-order valence-corrected chi connectivity index (χ2v) is 4.17. The molecule has 2 heteroatoms. The molecule has 0 aliphatic carbocycles. The maximum absolute atomic E-state index is 4.97. The average Bonchev–Trinajstić information content (AvgIpc) is 2.13. The normalized spacial score (nSPS) is 11.1. The number of methoxy groups -OCH3 is 1. The Balaban J connectivity index is 2.96. The van der Waals surface area contributed by atoms with Crippen molar-refractivity contribution in [2.45, 2.75) is 13.8 Å². The van der Waals surface area contributed by atoms with Gasteiger partial charge in [-0.1, -0.05) is 34.1 Å². The van der Waals surface area contributed by atoms with Gasteiger partial charge in [0.25, 0.3) is 0 Å². The average molecular weight is 255 g/mol. The summed E-state index contributed by atoms with van der Waals surface area (Å²) in [4.78, 5) is 0. The minimum Gasteiger partial charge on any atom is -0.381 e. The van der Waals surface area contributed by atoms with Crippen LogP contribution in [0.25, 0.3) is 6.08 Å². The van der Waals surface area contributed by atoms with E-state index in [-0.39, 0.29) is 0 Å². The minimum atomic E-state index is 0.658. The first kappa shape index (κ1) is 11.5. The molecule has 0 N–H and O–H groups in total. The van der Waals surface area contributed by atoms with Crippen LogP contribution in [0, 0.1) is 13.8 Å². The molecular formula is C12H15BrO. The quantitative estimate of drug-likeness (QED) is 0.799. The summed E-state index contributed by atoms with van der Waals surface area (Å²) in [5, 5.41) is 0. The van der Waals surface area contributed by atoms with Crippen LogP contribution < -0.4 is 0 Å². The van der Waals surface area contributed by atoms with Crippen LogP contribution in [0.1, 0.15) is 16.7 Å². The third-order valence-electron chi connectivity index (χ3n) is 2.09. The van der Waals surface area contributed by atoms with Crippen molar-refractivity contribution in [3.05, 3.63) is 39.4 Å². The Morgan fingerprint density at radius 1 is 1.36 bits per heavy atom. The van der Waals surface area contributed by atoms with Crippen molar-refractivity contribution < 1.29 is 4.74 Å². The van der Waals surface area contributed by atoms with E-state index in [0.717, 1.165) is 4.47 Å². The van der Waals surface area contributed by atoms with E-state index >= 15 is 0 Å². The Kier molecular flexibility index (Phi) is 4.36. The van der Waals surface area contributed by atoms with Crippen molar-refractivity contribution in [1.29, 1.82) is 0 Å². The van der Waals surface area contributed by atoms with E-state index in [1.807, 2.05) is 6.08 Å². The SMILES string of the molecule is COCC=Cc1cc(C)cc(Br)c1C. The lowest BCUT2D eigenvalue weighted by molar-refractivity contribution is 0.234. The molecule has 0 amide bonds. The lowest BCUT2D eigenvalue weighted by Crippen LogP contribution is -1.86. The van der Waals surface area contributed by atoms with E-state index in [4.69, 9.17) is 4.74 Å². The Hall–Kier alpha value is -0.600. The summed E-state index contributed by atoms with van der Waals surface area (Å²) < 4.78 is 6.13. The number of hydrogen-bond donors (Lipinski definition) is 0. The summed E-state index contributed by atoms with van der Waals surface area (Å²) >= 11 is 3.54. The number of rotatable bonds is 3. The van der Waals surface area contributed by atoms with Gasteiger partial charge in [-0.05, 0) is 36.6 Å². The molecule has 0 fully saturated rings. The first-order valence-corrected chi connectivity index (χ1v) is 5.36. The molecule has 0 spiro atoms. The summed E-state index contributed by atoms with van der Waals surface area (Å²) in [7, 11) is 1.70. The summed E-state index contributed by atoms with van der Waals surface area (Å²) in [6.07, 6.45) is 4.12. The van der Waals surface area contributed by atoms with Gasteiger partial charge in [-0.3, -0.25) is 0 Å². The number of benzene rings is 1. The first-order chi connectivity index (χ1) is 6.65. The Morgan fingerprint density at radius 2 is 2.07 bits per heavy atom. The molecule has 1 aromatic carbocycles. The van der Waals surface area contributed by atoms with Crippen LogP contribution in [0.4, 0.5) is 0 Å². The summed E-state index contributed by atoms with van der Waals surface area (Å²) in [6, 6.07) is 4.30. The third kappa shape index (κ3) is 2.96. The fourth-order valence-electron chi connectivity index (χ4n) is 1.29. The Bertz CT molecular complexity index is 342. The molecule has 0 heterocycles. The summed E-state index contributed by atoms with van der Waals surface area (Å²) in [5.74, 6) is 0. The Morgan fingerprint density at radius 3 is 2.71 bits per heavy atom. The molecule has 1 rings (SSSR count). The zero-order valence-electron chi connectivity index (χ0n) is 8.80. The second kappa shape index (κ2) is 5.32. The van der Waals surface area contributed by atoms with Gasteiger partial charge in [0.1, 0.15) is 0 Å². The number of hydrogen-bond acceptors (Lipinski definition) is 1. The van der Waals surface area contributed by atoms with Gasteiger partial charge < -0.3 is 4.74 Å². The molecule has 0 radical (unpaired) electrons. The van der Waals surface area contributed by atoms with Crippen LogP contribution in [0.2, 0.25) is 0 Å². The minimum absolute atomic E-state index is 0.658. The molecule has 0 unspecified atom stereocenters. The van der Waals surface area contributed by atoms with Crippen LogP contribution >= 0.6 is 15.9 Å². The van der Waals surface area contributed by atoms with Crippen molar-refractivity contribution >= 4 is 22.0 Å². The number of aryl methyl sites for hydroxylation is 1. The molecule has 1 nitrogen and oxygen atoms in total. The molecular weight excluding hydrogens is 240 g/mol. The number of halogens is 1. The van der Waals surface area contributed by atoms with E-state index in [0.29, 0.717) is 6.61 Å². The highest BCUT2D eigenvalue weighted by atomic mass is 79.9. The zero-order chi connectivity index (χ0) is 10.6. The molecule has 0 saturated carbocycles. The lowest BCUT2D eigenvalue weighted by atomic mass is 10.1. The largest absolute Gasteiger partial charge is 0.381 e. The van der Waals surface area contributed by atoms with Gasteiger partial charge in [-0.25, -0.2) is 0 Å². The van der Waals surface area contributed by atoms with Crippen LogP contribution in [0.15, 0.2) is 22.7 Å². The van der Waals surface area contributed by atoms with Gasteiger partial charge in [0.15, 0.2) is 0 Å². The smallest absolute Gasteiger partial charge is 0.0646 e. The molecule has 14 heavy (non-hydrogen) atoms. The standard InChI is InChI=1S/C12H15BrO/c1-9-7-11(5-4-6-14-3)10(2)12(13)8-9/h4-5,7-8H,6H2,1-3H3. The molecule has 0 atom stereocenters. The predicted molar refractivity (Wildman–Crippen MR) is 64.5 cm³/mol. The monoisotopic (exact) mass is 254 g/mol. The fourth-order valence-corrected chi connectivity index (χ4v) is 1.88. The van der Waals surface area contributed by atoms with Crippen molar-refractivity contribution in [1.82, 2.24) is 0 Å². The van der Waals surface area contributed by atoms with E-state index in [1.165, 1.54) is 16.7 Å². The summed E-state index contributed by atoms with van der Waals surface area (Å²) in [6.45, 7) is 4.86. The van der Waals surface area contributed by atoms with Crippen LogP contribution in [-0.2, 0) is 4.74 Å². The van der Waals surface area contributed by atoms with Gasteiger partial charge in [0.2, 0.25) is 0 Å². The maximum Gasteiger partial charge on any atom is 0.0646 e.